The lowest BCUT2D eigenvalue weighted by molar-refractivity contribution is 0.302. The van der Waals surface area contributed by atoms with E-state index in [0.29, 0.717) is 12.0 Å². The maximum Gasteiger partial charge on any atom is 0.120 e. The van der Waals surface area contributed by atoms with E-state index in [-0.39, 0.29) is 6.04 Å². The lowest BCUT2D eigenvalue weighted by Gasteiger charge is -2.17. The second kappa shape index (κ2) is 4.31. The van der Waals surface area contributed by atoms with Gasteiger partial charge in [-0.3, -0.25) is 11.3 Å². The van der Waals surface area contributed by atoms with Crippen molar-refractivity contribution in [2.45, 2.75) is 38.3 Å². The van der Waals surface area contributed by atoms with Crippen LogP contribution in [-0.2, 0) is 0 Å². The summed E-state index contributed by atoms with van der Waals surface area (Å²) in [5.41, 5.74) is 4.20. The smallest absolute Gasteiger partial charge is 0.120 e. The van der Waals surface area contributed by atoms with Gasteiger partial charge in [-0.15, -0.1) is 0 Å². The van der Waals surface area contributed by atoms with Gasteiger partial charge in [-0.2, -0.15) is 0 Å². The quantitative estimate of drug-likeness (QED) is 0.605. The summed E-state index contributed by atoms with van der Waals surface area (Å²) in [7, 11) is 0. The Morgan fingerprint density at radius 3 is 2.76 bits per heavy atom. The fourth-order valence-electron chi connectivity index (χ4n) is 2.44. The predicted molar refractivity (Wildman–Crippen MR) is 67.4 cm³/mol. The number of benzene rings is 1. The van der Waals surface area contributed by atoms with Crippen molar-refractivity contribution in [2.24, 2.45) is 17.7 Å². The summed E-state index contributed by atoms with van der Waals surface area (Å²) in [6, 6.07) is 8.63. The molecular formula is C14H20N2O. The fourth-order valence-corrected chi connectivity index (χ4v) is 2.44. The number of nitrogens with two attached hydrogens (primary N) is 1. The highest BCUT2D eigenvalue weighted by Gasteiger charge is 2.39. The van der Waals surface area contributed by atoms with E-state index >= 15 is 0 Å². The van der Waals surface area contributed by atoms with E-state index in [4.69, 9.17) is 10.6 Å². The molecule has 2 aliphatic rings. The first-order valence-electron chi connectivity index (χ1n) is 6.50. The number of hydrogen-bond donors (Lipinski definition) is 2. The van der Waals surface area contributed by atoms with Crippen LogP contribution in [0.15, 0.2) is 24.3 Å². The molecule has 1 aromatic carbocycles. The van der Waals surface area contributed by atoms with Crippen LogP contribution in [0.1, 0.15) is 37.8 Å². The summed E-state index contributed by atoms with van der Waals surface area (Å²) in [5, 5.41) is 0. The highest BCUT2D eigenvalue weighted by atomic mass is 16.5. The molecule has 2 fully saturated rings. The molecule has 2 saturated carbocycles. The van der Waals surface area contributed by atoms with Crippen LogP contribution in [0, 0.1) is 11.8 Å². The molecule has 3 unspecified atom stereocenters. The third-order valence-electron chi connectivity index (χ3n) is 3.82. The van der Waals surface area contributed by atoms with E-state index < -0.39 is 0 Å². The fraction of sp³-hybridized carbons (Fsp3) is 0.571. The number of rotatable bonds is 5. The average molecular weight is 232 g/mol. The monoisotopic (exact) mass is 232 g/mol. The Bertz CT molecular complexity index is 403. The van der Waals surface area contributed by atoms with Crippen molar-refractivity contribution in [2.75, 3.05) is 0 Å². The molecule has 1 aromatic rings. The van der Waals surface area contributed by atoms with E-state index in [1.54, 1.807) is 0 Å². The number of ether oxygens (including phenoxy) is 1. The molecule has 3 nitrogen and oxygen atoms in total. The van der Waals surface area contributed by atoms with E-state index in [9.17, 15) is 0 Å². The largest absolute Gasteiger partial charge is 0.490 e. The van der Waals surface area contributed by atoms with Gasteiger partial charge in [-0.05, 0) is 48.8 Å². The minimum Gasteiger partial charge on any atom is -0.490 e. The SMILES string of the molecule is CC1CC1C(NN)c1cccc(OC2CC2)c1. The maximum atomic E-state index is 5.82. The average Bonchev–Trinajstić information content (AvgIpc) is 3.22. The Balaban J connectivity index is 1.75. The lowest BCUT2D eigenvalue weighted by atomic mass is 10.0. The van der Waals surface area contributed by atoms with Crippen molar-refractivity contribution in [3.63, 3.8) is 0 Å². The van der Waals surface area contributed by atoms with E-state index in [2.05, 4.69) is 30.5 Å². The maximum absolute atomic E-state index is 5.82. The van der Waals surface area contributed by atoms with Crippen LogP contribution in [0.4, 0.5) is 0 Å². The highest BCUT2D eigenvalue weighted by Crippen LogP contribution is 2.47. The Morgan fingerprint density at radius 2 is 2.18 bits per heavy atom. The van der Waals surface area contributed by atoms with Crippen LogP contribution in [0.3, 0.4) is 0 Å². The van der Waals surface area contributed by atoms with Crippen molar-refractivity contribution in [1.29, 1.82) is 0 Å². The van der Waals surface area contributed by atoms with Gasteiger partial charge in [-0.25, -0.2) is 0 Å². The molecule has 0 aliphatic heterocycles. The van der Waals surface area contributed by atoms with Gasteiger partial charge in [0.2, 0.25) is 0 Å². The Labute approximate surface area is 102 Å². The predicted octanol–water partition coefficient (Wildman–Crippen LogP) is 2.39. The Hall–Kier alpha value is -1.06. The third kappa shape index (κ3) is 2.45. The van der Waals surface area contributed by atoms with Crippen LogP contribution in [0.5, 0.6) is 5.75 Å². The van der Waals surface area contributed by atoms with Crippen molar-refractivity contribution in [3.8, 4) is 5.75 Å². The van der Waals surface area contributed by atoms with Crippen LogP contribution >= 0.6 is 0 Å². The number of hydrazine groups is 1. The molecule has 92 valence electrons. The highest BCUT2D eigenvalue weighted by molar-refractivity contribution is 5.32. The second-order valence-corrected chi connectivity index (χ2v) is 5.41. The van der Waals surface area contributed by atoms with Crippen molar-refractivity contribution >= 4 is 0 Å². The van der Waals surface area contributed by atoms with Crippen LogP contribution in [-0.4, -0.2) is 6.10 Å². The summed E-state index contributed by atoms with van der Waals surface area (Å²) in [5.74, 6) is 8.12. The zero-order valence-corrected chi connectivity index (χ0v) is 10.2. The normalized spacial score (nSPS) is 28.8. The minimum atomic E-state index is 0.271. The van der Waals surface area contributed by atoms with Crippen molar-refractivity contribution < 1.29 is 4.74 Å². The summed E-state index contributed by atoms with van der Waals surface area (Å²) in [4.78, 5) is 0. The lowest BCUT2D eigenvalue weighted by Crippen LogP contribution is -2.29. The molecule has 0 radical (unpaired) electrons. The van der Waals surface area contributed by atoms with Crippen LogP contribution in [0.2, 0.25) is 0 Å². The molecule has 0 heterocycles. The molecule has 0 bridgehead atoms. The third-order valence-corrected chi connectivity index (χ3v) is 3.82. The zero-order valence-electron chi connectivity index (χ0n) is 10.2. The van der Waals surface area contributed by atoms with Gasteiger partial charge >= 0.3 is 0 Å². The molecule has 0 aromatic heterocycles. The van der Waals surface area contributed by atoms with E-state index in [1.807, 2.05) is 6.07 Å². The van der Waals surface area contributed by atoms with Gasteiger partial charge in [0.05, 0.1) is 6.10 Å². The van der Waals surface area contributed by atoms with Crippen molar-refractivity contribution in [3.05, 3.63) is 29.8 Å². The van der Waals surface area contributed by atoms with Gasteiger partial charge in [-0.1, -0.05) is 19.1 Å². The molecule has 3 N–H and O–H groups in total. The van der Waals surface area contributed by atoms with Gasteiger partial charge in [0.15, 0.2) is 0 Å². The topological polar surface area (TPSA) is 47.3 Å². The van der Waals surface area contributed by atoms with Gasteiger partial charge < -0.3 is 4.74 Å². The molecular weight excluding hydrogens is 212 g/mol. The molecule has 2 aliphatic carbocycles. The first-order chi connectivity index (χ1) is 8.28. The molecule has 0 spiro atoms. The van der Waals surface area contributed by atoms with E-state index in [1.165, 1.54) is 24.8 Å². The Kier molecular flexibility index (Phi) is 2.81. The number of hydrogen-bond acceptors (Lipinski definition) is 3. The van der Waals surface area contributed by atoms with Gasteiger partial charge in [0.1, 0.15) is 5.75 Å². The molecule has 17 heavy (non-hydrogen) atoms. The van der Waals surface area contributed by atoms with Crippen molar-refractivity contribution in [1.82, 2.24) is 5.43 Å². The van der Waals surface area contributed by atoms with E-state index in [0.717, 1.165) is 11.7 Å². The zero-order chi connectivity index (χ0) is 11.8. The summed E-state index contributed by atoms with van der Waals surface area (Å²) >= 11 is 0. The van der Waals surface area contributed by atoms with Gasteiger partial charge in [0, 0.05) is 6.04 Å². The van der Waals surface area contributed by atoms with Crippen LogP contribution in [0.25, 0.3) is 0 Å². The first-order valence-corrected chi connectivity index (χ1v) is 6.50. The molecule has 0 saturated heterocycles. The molecule has 3 heteroatoms. The van der Waals surface area contributed by atoms with Crippen LogP contribution < -0.4 is 16.0 Å². The summed E-state index contributed by atoms with van der Waals surface area (Å²) in [6.45, 7) is 2.28. The first kappa shape index (κ1) is 11.1. The Morgan fingerprint density at radius 1 is 1.41 bits per heavy atom. The molecule has 0 amide bonds. The molecule has 3 atom stereocenters. The minimum absolute atomic E-state index is 0.271. The summed E-state index contributed by atoms with van der Waals surface area (Å²) < 4.78 is 5.82. The van der Waals surface area contributed by atoms with Gasteiger partial charge in [0.25, 0.3) is 0 Å². The number of nitrogens with one attached hydrogen (secondary N) is 1. The standard InChI is InChI=1S/C14H20N2O/c1-9-7-13(9)14(16-15)10-3-2-4-12(8-10)17-11-5-6-11/h2-4,8-9,11,13-14,16H,5-7,15H2,1H3. The molecule has 3 rings (SSSR count). The summed E-state index contributed by atoms with van der Waals surface area (Å²) in [6.07, 6.45) is 4.11. The second-order valence-electron chi connectivity index (χ2n) is 5.41.